The van der Waals surface area contributed by atoms with Crippen molar-refractivity contribution in [3.63, 3.8) is 0 Å². The Morgan fingerprint density at radius 3 is 2.24 bits per heavy atom. The summed E-state index contributed by atoms with van der Waals surface area (Å²) in [5, 5.41) is 22.2. The van der Waals surface area contributed by atoms with E-state index >= 15 is 0 Å². The van der Waals surface area contributed by atoms with E-state index < -0.39 is 18.3 Å². The van der Waals surface area contributed by atoms with E-state index in [1.807, 2.05) is 17.5 Å². The third-order valence-electron chi connectivity index (χ3n) is 3.80. The second-order valence-electron chi connectivity index (χ2n) is 6.04. The summed E-state index contributed by atoms with van der Waals surface area (Å²) in [7, 11) is -1.09. The summed E-state index contributed by atoms with van der Waals surface area (Å²) in [6.07, 6.45) is 0. The third kappa shape index (κ3) is 3.71. The van der Waals surface area contributed by atoms with Crippen LogP contribution in [-0.2, 0) is 4.65 Å². The summed E-state index contributed by atoms with van der Waals surface area (Å²) < 4.78 is 5.61. The van der Waals surface area contributed by atoms with Crippen LogP contribution >= 0.6 is 11.3 Å². The van der Waals surface area contributed by atoms with Gasteiger partial charge < -0.3 is 14.8 Å². The van der Waals surface area contributed by atoms with Crippen molar-refractivity contribution in [1.29, 1.82) is 0 Å². The molecule has 0 aliphatic heterocycles. The largest absolute Gasteiger partial charge is 0.491 e. The van der Waals surface area contributed by atoms with Crippen molar-refractivity contribution in [3.05, 3.63) is 35.2 Å². The van der Waals surface area contributed by atoms with Gasteiger partial charge in [-0.05, 0) is 33.2 Å². The summed E-state index contributed by atoms with van der Waals surface area (Å²) in [5.41, 5.74) is 2.40. The first-order valence-corrected chi connectivity index (χ1v) is 7.72. The maximum absolute atomic E-state index is 10.2. The summed E-state index contributed by atoms with van der Waals surface area (Å²) >= 11 is 1.54. The SMILES string of the molecule is CC(C)(O)C(C)(C)OB(O)c1ccc(-c2cscn2)cc1. The van der Waals surface area contributed by atoms with Crippen molar-refractivity contribution < 1.29 is 14.8 Å². The fourth-order valence-electron chi connectivity index (χ4n) is 1.66. The lowest BCUT2D eigenvalue weighted by Gasteiger charge is -2.38. The lowest BCUT2D eigenvalue weighted by atomic mass is 9.76. The molecule has 0 radical (unpaired) electrons. The molecule has 21 heavy (non-hydrogen) atoms. The fourth-order valence-corrected chi connectivity index (χ4v) is 2.23. The molecule has 0 saturated carbocycles. The predicted molar refractivity (Wildman–Crippen MR) is 86.6 cm³/mol. The molecule has 0 atom stereocenters. The van der Waals surface area contributed by atoms with Gasteiger partial charge in [0.15, 0.2) is 0 Å². The maximum Gasteiger partial charge on any atom is 0.491 e. The number of nitrogens with zero attached hydrogens (tertiary/aromatic N) is 1. The molecular formula is C15H20BNO3S. The van der Waals surface area contributed by atoms with Crippen LogP contribution in [-0.4, -0.2) is 33.4 Å². The minimum atomic E-state index is -1.09. The number of rotatable bonds is 5. The molecule has 1 aromatic heterocycles. The molecule has 0 unspecified atom stereocenters. The van der Waals surface area contributed by atoms with E-state index in [0.717, 1.165) is 11.3 Å². The zero-order chi connectivity index (χ0) is 15.7. The molecular weight excluding hydrogens is 285 g/mol. The van der Waals surface area contributed by atoms with Gasteiger partial charge in [0.1, 0.15) is 0 Å². The molecule has 0 aliphatic carbocycles. The van der Waals surface area contributed by atoms with E-state index in [-0.39, 0.29) is 0 Å². The van der Waals surface area contributed by atoms with Gasteiger partial charge in [-0.2, -0.15) is 0 Å². The Morgan fingerprint density at radius 2 is 1.76 bits per heavy atom. The minimum Gasteiger partial charge on any atom is -0.423 e. The van der Waals surface area contributed by atoms with Gasteiger partial charge in [0.2, 0.25) is 0 Å². The number of hydrogen-bond donors (Lipinski definition) is 2. The molecule has 0 aliphatic rings. The van der Waals surface area contributed by atoms with Crippen LogP contribution in [0.3, 0.4) is 0 Å². The zero-order valence-corrected chi connectivity index (χ0v) is 13.5. The van der Waals surface area contributed by atoms with Gasteiger partial charge >= 0.3 is 7.12 Å². The molecule has 0 bridgehead atoms. The Morgan fingerprint density at radius 1 is 1.14 bits per heavy atom. The minimum absolute atomic E-state index is 0.645. The highest BCUT2D eigenvalue weighted by molar-refractivity contribution is 7.07. The average molecular weight is 305 g/mol. The Balaban J connectivity index is 2.12. The van der Waals surface area contributed by atoms with Gasteiger partial charge in [0, 0.05) is 10.9 Å². The summed E-state index contributed by atoms with van der Waals surface area (Å²) in [6, 6.07) is 7.40. The predicted octanol–water partition coefficient (Wildman–Crippen LogP) is 2.06. The van der Waals surface area contributed by atoms with Crippen molar-refractivity contribution >= 4 is 23.9 Å². The highest BCUT2D eigenvalue weighted by atomic mass is 32.1. The Labute approximate surface area is 129 Å². The topological polar surface area (TPSA) is 62.6 Å². The smallest absolute Gasteiger partial charge is 0.423 e. The lowest BCUT2D eigenvalue weighted by Crippen LogP contribution is -2.53. The van der Waals surface area contributed by atoms with Crippen molar-refractivity contribution in [2.75, 3.05) is 0 Å². The highest BCUT2D eigenvalue weighted by Gasteiger charge is 2.39. The lowest BCUT2D eigenvalue weighted by molar-refractivity contribution is -0.0982. The number of aliphatic hydroxyl groups is 1. The number of benzene rings is 1. The number of thiazole rings is 1. The average Bonchev–Trinajstić information content (AvgIpc) is 2.91. The van der Waals surface area contributed by atoms with E-state index in [4.69, 9.17) is 4.65 Å². The van der Waals surface area contributed by atoms with Crippen molar-refractivity contribution in [3.8, 4) is 11.3 Å². The van der Waals surface area contributed by atoms with E-state index in [9.17, 15) is 10.1 Å². The van der Waals surface area contributed by atoms with Crippen LogP contribution in [0, 0.1) is 0 Å². The van der Waals surface area contributed by atoms with Crippen LogP contribution in [0.1, 0.15) is 27.7 Å². The second-order valence-corrected chi connectivity index (χ2v) is 6.75. The molecule has 4 nitrogen and oxygen atoms in total. The molecule has 0 saturated heterocycles. The molecule has 1 aromatic carbocycles. The Bertz CT molecular complexity index is 576. The van der Waals surface area contributed by atoms with Crippen LogP contribution in [0.5, 0.6) is 0 Å². The Kier molecular flexibility index (Phi) is 4.53. The molecule has 0 spiro atoms. The van der Waals surface area contributed by atoms with E-state index in [2.05, 4.69) is 4.98 Å². The van der Waals surface area contributed by atoms with E-state index in [1.54, 1.807) is 56.7 Å². The highest BCUT2D eigenvalue weighted by Crippen LogP contribution is 2.25. The molecule has 0 amide bonds. The first kappa shape index (κ1) is 16.2. The zero-order valence-electron chi connectivity index (χ0n) is 12.7. The quantitative estimate of drug-likeness (QED) is 0.830. The van der Waals surface area contributed by atoms with E-state index in [1.165, 1.54) is 0 Å². The van der Waals surface area contributed by atoms with Crippen molar-refractivity contribution in [2.45, 2.75) is 38.9 Å². The van der Waals surface area contributed by atoms with Gasteiger partial charge in [0.05, 0.1) is 22.4 Å². The van der Waals surface area contributed by atoms with Crippen LogP contribution in [0.15, 0.2) is 35.2 Å². The van der Waals surface area contributed by atoms with Gasteiger partial charge in [-0.15, -0.1) is 11.3 Å². The first-order chi connectivity index (χ1) is 9.71. The van der Waals surface area contributed by atoms with Crippen LogP contribution in [0.2, 0.25) is 0 Å². The molecule has 2 N–H and O–H groups in total. The summed E-state index contributed by atoms with van der Waals surface area (Å²) in [4.78, 5) is 4.24. The maximum atomic E-state index is 10.2. The summed E-state index contributed by atoms with van der Waals surface area (Å²) in [6.45, 7) is 6.82. The van der Waals surface area contributed by atoms with Gasteiger partial charge in [-0.1, -0.05) is 24.3 Å². The van der Waals surface area contributed by atoms with Crippen LogP contribution in [0.25, 0.3) is 11.3 Å². The number of hydrogen-bond acceptors (Lipinski definition) is 5. The molecule has 0 fully saturated rings. The van der Waals surface area contributed by atoms with Crippen LogP contribution < -0.4 is 5.46 Å². The fraction of sp³-hybridized carbons (Fsp3) is 0.400. The normalized spacial score (nSPS) is 12.5. The van der Waals surface area contributed by atoms with Gasteiger partial charge in [-0.3, -0.25) is 0 Å². The first-order valence-electron chi connectivity index (χ1n) is 6.77. The Hall–Kier alpha value is -1.21. The van der Waals surface area contributed by atoms with Gasteiger partial charge in [0.25, 0.3) is 0 Å². The molecule has 112 valence electrons. The standard InChI is InChI=1S/C15H20BNO3S/c1-14(2,18)15(3,4)20-16(19)12-7-5-11(6-8-12)13-9-21-10-17-13/h5-10,18-19H,1-4H3. The second kappa shape index (κ2) is 5.89. The number of aromatic nitrogens is 1. The van der Waals surface area contributed by atoms with Gasteiger partial charge in [-0.25, -0.2) is 4.98 Å². The molecule has 2 rings (SSSR count). The van der Waals surface area contributed by atoms with Crippen molar-refractivity contribution in [2.24, 2.45) is 0 Å². The van der Waals surface area contributed by atoms with Crippen molar-refractivity contribution in [1.82, 2.24) is 4.98 Å². The van der Waals surface area contributed by atoms with E-state index in [0.29, 0.717) is 5.46 Å². The summed E-state index contributed by atoms with van der Waals surface area (Å²) in [5.74, 6) is 0. The molecule has 6 heteroatoms. The van der Waals surface area contributed by atoms with Crippen LogP contribution in [0.4, 0.5) is 0 Å². The third-order valence-corrected chi connectivity index (χ3v) is 4.39. The molecule has 1 heterocycles. The monoisotopic (exact) mass is 305 g/mol. The molecule has 2 aromatic rings.